The van der Waals surface area contributed by atoms with Crippen LogP contribution in [0.25, 0.3) is 16.3 Å². The number of ether oxygens (including phenoxy) is 1. The number of thiazole rings is 1. The average Bonchev–Trinajstić information content (AvgIpc) is 3.07. The minimum atomic E-state index is -0.761. The van der Waals surface area contributed by atoms with Crippen molar-refractivity contribution in [3.05, 3.63) is 70.7 Å². The number of halogens is 2. The first-order chi connectivity index (χ1) is 13.4. The molecule has 0 saturated carbocycles. The van der Waals surface area contributed by atoms with Gasteiger partial charge in [0.2, 0.25) is 0 Å². The first-order valence-corrected chi connectivity index (χ1v) is 9.19. The first kappa shape index (κ1) is 19.6. The molecule has 0 aliphatic heterocycles. The summed E-state index contributed by atoms with van der Waals surface area (Å²) in [6, 6.07) is 9.97. The molecular formula is C20H16F2N2O3S. The first-order valence-electron chi connectivity index (χ1n) is 8.37. The smallest absolute Gasteiger partial charge is 0.331 e. The summed E-state index contributed by atoms with van der Waals surface area (Å²) < 4.78 is 32.5. The van der Waals surface area contributed by atoms with Gasteiger partial charge < -0.3 is 10.1 Å². The molecule has 0 unspecified atom stereocenters. The third-order valence-electron chi connectivity index (χ3n) is 3.82. The average molecular weight is 402 g/mol. The molecule has 2 aromatic carbocycles. The number of benzene rings is 2. The Kier molecular flexibility index (Phi) is 6.10. The van der Waals surface area contributed by atoms with Gasteiger partial charge in [0.25, 0.3) is 5.91 Å². The monoisotopic (exact) mass is 402 g/mol. The molecule has 28 heavy (non-hydrogen) atoms. The molecular weight excluding hydrogens is 386 g/mol. The molecule has 0 aliphatic rings. The molecule has 3 rings (SSSR count). The SMILES string of the molecule is C[C@@H](NC(=O)COC(=O)/C=C/c1nc2ccccc2s1)c1ccc(F)cc1F. The summed E-state index contributed by atoms with van der Waals surface area (Å²) >= 11 is 1.42. The van der Waals surface area contributed by atoms with Gasteiger partial charge in [0, 0.05) is 17.7 Å². The molecule has 144 valence electrons. The van der Waals surface area contributed by atoms with E-state index >= 15 is 0 Å². The Morgan fingerprint density at radius 3 is 2.79 bits per heavy atom. The largest absolute Gasteiger partial charge is 0.452 e. The van der Waals surface area contributed by atoms with E-state index in [1.165, 1.54) is 29.6 Å². The Labute approximate surface area is 163 Å². The maximum Gasteiger partial charge on any atom is 0.331 e. The molecule has 5 nitrogen and oxygen atoms in total. The molecule has 0 aliphatic carbocycles. The number of esters is 1. The molecule has 3 aromatic rings. The lowest BCUT2D eigenvalue weighted by Gasteiger charge is -2.15. The van der Waals surface area contributed by atoms with Crippen LogP contribution in [0.3, 0.4) is 0 Å². The Balaban J connectivity index is 1.50. The second kappa shape index (κ2) is 8.71. The van der Waals surface area contributed by atoms with Gasteiger partial charge in [-0.1, -0.05) is 18.2 Å². The highest BCUT2D eigenvalue weighted by atomic mass is 32.1. The van der Waals surface area contributed by atoms with Crippen LogP contribution in [0.2, 0.25) is 0 Å². The highest BCUT2D eigenvalue weighted by Crippen LogP contribution is 2.22. The summed E-state index contributed by atoms with van der Waals surface area (Å²) in [5.41, 5.74) is 0.971. The highest BCUT2D eigenvalue weighted by Gasteiger charge is 2.15. The summed E-state index contributed by atoms with van der Waals surface area (Å²) in [6.45, 7) is 1.03. The van der Waals surface area contributed by atoms with E-state index in [1.807, 2.05) is 24.3 Å². The minimum absolute atomic E-state index is 0.136. The summed E-state index contributed by atoms with van der Waals surface area (Å²) in [5.74, 6) is -2.76. The molecule has 0 radical (unpaired) electrons. The lowest BCUT2D eigenvalue weighted by molar-refractivity contribution is -0.144. The van der Waals surface area contributed by atoms with Gasteiger partial charge in [0.1, 0.15) is 16.6 Å². The van der Waals surface area contributed by atoms with Gasteiger partial charge >= 0.3 is 5.97 Å². The second-order valence-corrected chi connectivity index (χ2v) is 6.98. The number of hydrogen-bond donors (Lipinski definition) is 1. The molecule has 1 atom stereocenters. The van der Waals surface area contributed by atoms with Crippen LogP contribution in [-0.4, -0.2) is 23.5 Å². The number of carbonyl (C=O) groups excluding carboxylic acids is 2. The normalized spacial score (nSPS) is 12.2. The van der Waals surface area contributed by atoms with Crippen molar-refractivity contribution in [1.29, 1.82) is 0 Å². The van der Waals surface area contributed by atoms with Crippen LogP contribution in [0.5, 0.6) is 0 Å². The highest BCUT2D eigenvalue weighted by molar-refractivity contribution is 7.19. The minimum Gasteiger partial charge on any atom is -0.452 e. The van der Waals surface area contributed by atoms with Gasteiger partial charge in [-0.15, -0.1) is 11.3 Å². The Morgan fingerprint density at radius 1 is 1.25 bits per heavy atom. The van der Waals surface area contributed by atoms with Gasteiger partial charge in [-0.05, 0) is 31.2 Å². The lowest BCUT2D eigenvalue weighted by Crippen LogP contribution is -2.31. The number of rotatable bonds is 6. The number of amides is 1. The van der Waals surface area contributed by atoms with Gasteiger partial charge in [-0.25, -0.2) is 18.6 Å². The maximum absolute atomic E-state index is 13.7. The number of para-hydroxylation sites is 1. The lowest BCUT2D eigenvalue weighted by atomic mass is 10.1. The van der Waals surface area contributed by atoms with Crippen LogP contribution in [0.15, 0.2) is 48.5 Å². The Morgan fingerprint density at radius 2 is 2.04 bits per heavy atom. The van der Waals surface area contributed by atoms with Crippen LogP contribution in [0.1, 0.15) is 23.5 Å². The fourth-order valence-electron chi connectivity index (χ4n) is 2.50. The number of nitrogens with one attached hydrogen (secondary N) is 1. The summed E-state index contributed by atoms with van der Waals surface area (Å²) in [5, 5.41) is 3.13. The van der Waals surface area contributed by atoms with E-state index in [0.717, 1.165) is 22.3 Å². The molecule has 0 fully saturated rings. The van der Waals surface area contributed by atoms with Crippen molar-refractivity contribution in [3.63, 3.8) is 0 Å². The molecule has 0 saturated heterocycles. The van der Waals surface area contributed by atoms with Crippen molar-refractivity contribution in [1.82, 2.24) is 10.3 Å². The number of nitrogens with zero attached hydrogens (tertiary/aromatic N) is 1. The maximum atomic E-state index is 13.7. The van der Waals surface area contributed by atoms with E-state index < -0.39 is 36.2 Å². The number of hydrogen-bond acceptors (Lipinski definition) is 5. The number of fused-ring (bicyclic) bond motifs is 1. The third-order valence-corrected chi connectivity index (χ3v) is 4.83. The van der Waals surface area contributed by atoms with Gasteiger partial charge in [0.05, 0.1) is 16.3 Å². The fraction of sp³-hybridized carbons (Fsp3) is 0.150. The Bertz CT molecular complexity index is 1020. The van der Waals surface area contributed by atoms with Crippen LogP contribution in [-0.2, 0) is 14.3 Å². The van der Waals surface area contributed by atoms with E-state index in [9.17, 15) is 18.4 Å². The van der Waals surface area contributed by atoms with Crippen LogP contribution >= 0.6 is 11.3 Å². The zero-order chi connectivity index (χ0) is 20.1. The second-order valence-electron chi connectivity index (χ2n) is 5.92. The quantitative estimate of drug-likeness (QED) is 0.500. The van der Waals surface area contributed by atoms with E-state index in [0.29, 0.717) is 5.01 Å². The molecule has 0 spiro atoms. The van der Waals surface area contributed by atoms with Crippen LogP contribution in [0, 0.1) is 11.6 Å². The molecule has 0 bridgehead atoms. The van der Waals surface area contributed by atoms with Gasteiger partial charge in [-0.3, -0.25) is 4.79 Å². The van der Waals surface area contributed by atoms with Crippen molar-refractivity contribution in [2.75, 3.05) is 6.61 Å². The van der Waals surface area contributed by atoms with Gasteiger partial charge in [0.15, 0.2) is 6.61 Å². The van der Waals surface area contributed by atoms with Crippen LogP contribution in [0.4, 0.5) is 8.78 Å². The van der Waals surface area contributed by atoms with Gasteiger partial charge in [-0.2, -0.15) is 0 Å². The van der Waals surface area contributed by atoms with E-state index in [4.69, 9.17) is 4.74 Å². The van der Waals surface area contributed by atoms with Crippen molar-refractivity contribution in [3.8, 4) is 0 Å². The predicted molar refractivity (Wildman–Crippen MR) is 103 cm³/mol. The fourth-order valence-corrected chi connectivity index (χ4v) is 3.37. The molecule has 1 N–H and O–H groups in total. The Hall–Kier alpha value is -3.13. The summed E-state index contributed by atoms with van der Waals surface area (Å²) in [7, 11) is 0. The van der Waals surface area contributed by atoms with Crippen molar-refractivity contribution < 1.29 is 23.1 Å². The molecule has 1 heterocycles. The van der Waals surface area contributed by atoms with E-state index in [-0.39, 0.29) is 5.56 Å². The summed E-state index contributed by atoms with van der Waals surface area (Å²) in [4.78, 5) is 28.0. The predicted octanol–water partition coefficient (Wildman–Crippen LogP) is 4.01. The molecule has 8 heteroatoms. The van der Waals surface area contributed by atoms with E-state index in [1.54, 1.807) is 6.92 Å². The zero-order valence-electron chi connectivity index (χ0n) is 14.8. The van der Waals surface area contributed by atoms with E-state index in [2.05, 4.69) is 10.3 Å². The molecule has 1 amide bonds. The standard InChI is InChI=1S/C20H16F2N2O3S/c1-12(14-7-6-13(21)10-15(14)22)23-18(25)11-27-20(26)9-8-19-24-16-4-2-3-5-17(16)28-19/h2-10,12H,11H2,1H3,(H,23,25)/b9-8+/t12-/m1/s1. The van der Waals surface area contributed by atoms with Crippen molar-refractivity contribution in [2.45, 2.75) is 13.0 Å². The zero-order valence-corrected chi connectivity index (χ0v) is 15.6. The number of aromatic nitrogens is 1. The topological polar surface area (TPSA) is 68.3 Å². The van der Waals surface area contributed by atoms with Crippen molar-refractivity contribution in [2.24, 2.45) is 0 Å². The summed E-state index contributed by atoms with van der Waals surface area (Å²) in [6.07, 6.45) is 2.70. The van der Waals surface area contributed by atoms with Crippen LogP contribution < -0.4 is 5.32 Å². The molecule has 1 aromatic heterocycles. The number of carbonyl (C=O) groups is 2. The van der Waals surface area contributed by atoms with Crippen molar-refractivity contribution >= 4 is 39.5 Å². The third kappa shape index (κ3) is 4.98.